The number of aromatic nitrogens is 2. The van der Waals surface area contributed by atoms with Gasteiger partial charge in [-0.15, -0.1) is 0 Å². The van der Waals surface area contributed by atoms with Gasteiger partial charge in [0.2, 0.25) is 0 Å². The molecule has 1 saturated carbocycles. The van der Waals surface area contributed by atoms with Crippen LogP contribution in [0.25, 0.3) is 10.9 Å². The molecule has 0 atom stereocenters. The minimum Gasteiger partial charge on any atom is -0.317 e. The van der Waals surface area contributed by atoms with E-state index < -0.39 is 0 Å². The van der Waals surface area contributed by atoms with Crippen LogP contribution < -0.4 is 10.9 Å². The van der Waals surface area contributed by atoms with Crippen molar-refractivity contribution in [1.82, 2.24) is 14.9 Å². The fraction of sp³-hybridized carbons (Fsp3) is 0.500. The van der Waals surface area contributed by atoms with Gasteiger partial charge in [0.25, 0.3) is 5.56 Å². The summed E-state index contributed by atoms with van der Waals surface area (Å²) in [5.41, 5.74) is 1.01. The molecule has 4 heteroatoms. The maximum atomic E-state index is 12.8. The van der Waals surface area contributed by atoms with Gasteiger partial charge in [-0.2, -0.15) is 0 Å². The van der Waals surface area contributed by atoms with Crippen LogP contribution in [0.4, 0.5) is 0 Å². The van der Waals surface area contributed by atoms with Crippen molar-refractivity contribution >= 4 is 10.9 Å². The van der Waals surface area contributed by atoms with Gasteiger partial charge in [-0.3, -0.25) is 9.36 Å². The zero-order valence-corrected chi connectivity index (χ0v) is 11.5. The Labute approximate surface area is 117 Å². The normalized spacial score (nSPS) is 20.4. The molecule has 2 aromatic rings. The molecule has 1 aliphatic heterocycles. The third kappa shape index (κ3) is 1.95. The Morgan fingerprint density at radius 3 is 2.60 bits per heavy atom. The van der Waals surface area contributed by atoms with Gasteiger partial charge in [0.05, 0.1) is 10.9 Å². The van der Waals surface area contributed by atoms with Gasteiger partial charge in [-0.1, -0.05) is 12.1 Å². The topological polar surface area (TPSA) is 46.9 Å². The van der Waals surface area contributed by atoms with Crippen molar-refractivity contribution in [3.63, 3.8) is 0 Å². The zero-order chi connectivity index (χ0) is 13.5. The van der Waals surface area contributed by atoms with Crippen molar-refractivity contribution in [3.05, 3.63) is 40.4 Å². The number of nitrogens with zero attached hydrogens (tertiary/aromatic N) is 2. The highest BCUT2D eigenvalue weighted by atomic mass is 16.1. The van der Waals surface area contributed by atoms with E-state index in [1.54, 1.807) is 0 Å². The van der Waals surface area contributed by atoms with Crippen LogP contribution in [0.3, 0.4) is 0 Å². The second-order valence-corrected chi connectivity index (χ2v) is 5.92. The first-order valence-corrected chi connectivity index (χ1v) is 7.56. The molecular formula is C16H19N3O. The lowest BCUT2D eigenvalue weighted by atomic mass is 9.96. The molecule has 0 bridgehead atoms. The predicted octanol–water partition coefficient (Wildman–Crippen LogP) is 2.20. The number of fused-ring (bicyclic) bond motifs is 1. The Morgan fingerprint density at radius 2 is 1.85 bits per heavy atom. The quantitative estimate of drug-likeness (QED) is 0.909. The third-order valence-electron chi connectivity index (χ3n) is 4.45. The second-order valence-electron chi connectivity index (χ2n) is 5.92. The summed E-state index contributed by atoms with van der Waals surface area (Å²) in [5, 5.41) is 4.15. The summed E-state index contributed by atoms with van der Waals surface area (Å²) in [5.74, 6) is 1.45. The number of para-hydroxylation sites is 1. The molecule has 4 rings (SSSR count). The molecule has 2 fully saturated rings. The summed E-state index contributed by atoms with van der Waals surface area (Å²) in [6.07, 6.45) is 4.41. The molecular weight excluding hydrogens is 250 g/mol. The van der Waals surface area contributed by atoms with Crippen LogP contribution in [0.1, 0.15) is 43.5 Å². The molecule has 1 N–H and O–H groups in total. The molecule has 1 saturated heterocycles. The van der Waals surface area contributed by atoms with Crippen LogP contribution in [0, 0.1) is 0 Å². The molecule has 0 spiro atoms. The second kappa shape index (κ2) is 4.70. The number of rotatable bonds is 2. The summed E-state index contributed by atoms with van der Waals surface area (Å²) in [6.45, 7) is 2.05. The Morgan fingerprint density at radius 1 is 1.10 bits per heavy atom. The van der Waals surface area contributed by atoms with E-state index >= 15 is 0 Å². The van der Waals surface area contributed by atoms with Crippen LogP contribution in [-0.4, -0.2) is 22.6 Å². The summed E-state index contributed by atoms with van der Waals surface area (Å²) in [6, 6.07) is 8.13. The summed E-state index contributed by atoms with van der Waals surface area (Å²) in [4.78, 5) is 17.6. The van der Waals surface area contributed by atoms with E-state index in [2.05, 4.69) is 5.32 Å². The number of benzene rings is 1. The number of hydrogen-bond donors (Lipinski definition) is 1. The van der Waals surface area contributed by atoms with E-state index in [0.29, 0.717) is 12.0 Å². The molecule has 2 heterocycles. The molecule has 20 heavy (non-hydrogen) atoms. The fourth-order valence-corrected chi connectivity index (χ4v) is 3.22. The summed E-state index contributed by atoms with van der Waals surface area (Å²) < 4.78 is 2.00. The minimum atomic E-state index is 0.159. The molecule has 2 aliphatic rings. The SMILES string of the molecule is O=c1c2ccccc2nc(C2CCNCC2)n1C1CC1. The lowest BCUT2D eigenvalue weighted by molar-refractivity contribution is 0.425. The fourth-order valence-electron chi connectivity index (χ4n) is 3.22. The van der Waals surface area contributed by atoms with Gasteiger partial charge >= 0.3 is 0 Å². The highest BCUT2D eigenvalue weighted by molar-refractivity contribution is 5.77. The van der Waals surface area contributed by atoms with Gasteiger partial charge in [-0.05, 0) is 50.9 Å². The van der Waals surface area contributed by atoms with Gasteiger partial charge in [0, 0.05) is 12.0 Å². The molecule has 104 valence electrons. The van der Waals surface area contributed by atoms with E-state index in [0.717, 1.165) is 55.5 Å². The van der Waals surface area contributed by atoms with Crippen molar-refractivity contribution in [1.29, 1.82) is 0 Å². The van der Waals surface area contributed by atoms with Crippen LogP contribution in [0.2, 0.25) is 0 Å². The number of piperidine rings is 1. The number of hydrogen-bond acceptors (Lipinski definition) is 3. The van der Waals surface area contributed by atoms with E-state index in [-0.39, 0.29) is 5.56 Å². The molecule has 1 aliphatic carbocycles. The first kappa shape index (κ1) is 12.1. The maximum absolute atomic E-state index is 12.8. The van der Waals surface area contributed by atoms with Crippen LogP contribution in [0.5, 0.6) is 0 Å². The highest BCUT2D eigenvalue weighted by Crippen LogP contribution is 2.37. The first-order chi connectivity index (χ1) is 9.84. The van der Waals surface area contributed by atoms with Gasteiger partial charge < -0.3 is 5.32 Å². The van der Waals surface area contributed by atoms with Crippen LogP contribution in [0.15, 0.2) is 29.1 Å². The number of nitrogens with one attached hydrogen (secondary N) is 1. The molecule has 1 aromatic carbocycles. The van der Waals surface area contributed by atoms with Crippen molar-refractivity contribution in [3.8, 4) is 0 Å². The average Bonchev–Trinajstić information content (AvgIpc) is 3.33. The van der Waals surface area contributed by atoms with Crippen LogP contribution >= 0.6 is 0 Å². The van der Waals surface area contributed by atoms with Crippen molar-refractivity contribution < 1.29 is 0 Å². The highest BCUT2D eigenvalue weighted by Gasteiger charge is 2.31. The Balaban J connectivity index is 1.93. The predicted molar refractivity (Wildman–Crippen MR) is 79.1 cm³/mol. The van der Waals surface area contributed by atoms with Gasteiger partial charge in [-0.25, -0.2) is 4.98 Å². The van der Waals surface area contributed by atoms with Gasteiger partial charge in [0.1, 0.15) is 5.82 Å². The van der Waals surface area contributed by atoms with Crippen LogP contribution in [-0.2, 0) is 0 Å². The lowest BCUT2D eigenvalue weighted by Gasteiger charge is -2.25. The average molecular weight is 269 g/mol. The smallest absolute Gasteiger partial charge is 0.261 e. The largest absolute Gasteiger partial charge is 0.317 e. The molecule has 0 radical (unpaired) electrons. The molecule has 4 nitrogen and oxygen atoms in total. The monoisotopic (exact) mass is 269 g/mol. The summed E-state index contributed by atoms with van der Waals surface area (Å²) in [7, 11) is 0. The van der Waals surface area contributed by atoms with E-state index in [4.69, 9.17) is 4.98 Å². The molecule has 1 aromatic heterocycles. The van der Waals surface area contributed by atoms with E-state index in [1.807, 2.05) is 28.8 Å². The van der Waals surface area contributed by atoms with Crippen molar-refractivity contribution in [2.75, 3.05) is 13.1 Å². The van der Waals surface area contributed by atoms with E-state index in [1.165, 1.54) is 0 Å². The van der Waals surface area contributed by atoms with Crippen molar-refractivity contribution in [2.45, 2.75) is 37.6 Å². The Bertz CT molecular complexity index is 696. The standard InChI is InChI=1S/C16H19N3O/c20-16-13-3-1-2-4-14(13)18-15(19(16)12-5-6-12)11-7-9-17-10-8-11/h1-4,11-12,17H,5-10H2. The Kier molecular flexibility index (Phi) is 2.84. The van der Waals surface area contributed by atoms with Crippen molar-refractivity contribution in [2.24, 2.45) is 0 Å². The molecule has 0 unspecified atom stereocenters. The lowest BCUT2D eigenvalue weighted by Crippen LogP contribution is -2.32. The first-order valence-electron chi connectivity index (χ1n) is 7.56. The minimum absolute atomic E-state index is 0.159. The Hall–Kier alpha value is -1.68. The maximum Gasteiger partial charge on any atom is 0.261 e. The third-order valence-corrected chi connectivity index (χ3v) is 4.45. The van der Waals surface area contributed by atoms with Gasteiger partial charge in [0.15, 0.2) is 0 Å². The molecule has 0 amide bonds. The van der Waals surface area contributed by atoms with E-state index in [9.17, 15) is 4.79 Å². The summed E-state index contributed by atoms with van der Waals surface area (Å²) >= 11 is 0. The zero-order valence-electron chi connectivity index (χ0n) is 11.5.